The van der Waals surface area contributed by atoms with Gasteiger partial charge in [0.2, 0.25) is 11.8 Å². The van der Waals surface area contributed by atoms with Crippen LogP contribution >= 0.6 is 0 Å². The molecule has 2 amide bonds. The summed E-state index contributed by atoms with van der Waals surface area (Å²) in [5.74, 6) is 0.505. The molecule has 1 fully saturated rings. The van der Waals surface area contributed by atoms with Gasteiger partial charge >= 0.3 is 0 Å². The number of aliphatic hydroxyl groups is 1. The number of amides is 2. The zero-order valence-corrected chi connectivity index (χ0v) is 15.4. The van der Waals surface area contributed by atoms with Crippen LogP contribution in [0.1, 0.15) is 12.0 Å². The number of aliphatic hydroxyl groups excluding tert-OH is 1. The van der Waals surface area contributed by atoms with Gasteiger partial charge in [-0.3, -0.25) is 14.5 Å². The average molecular weight is 361 g/mol. The smallest absolute Gasteiger partial charge is 0.237 e. The number of nitrogens with one attached hydrogen (secondary N) is 1. The van der Waals surface area contributed by atoms with Crippen molar-refractivity contribution in [2.24, 2.45) is 0 Å². The third-order valence-corrected chi connectivity index (χ3v) is 4.45. The molecule has 1 atom stereocenters. The summed E-state index contributed by atoms with van der Waals surface area (Å²) in [6.45, 7) is 1.99. The van der Waals surface area contributed by atoms with E-state index in [9.17, 15) is 9.59 Å². The highest BCUT2D eigenvalue weighted by molar-refractivity contribution is 5.88. The molecule has 26 heavy (non-hydrogen) atoms. The Hall–Kier alpha value is -2.38. The first kappa shape index (κ1) is 19.9. The molecule has 0 spiro atoms. The molecule has 7 nitrogen and oxygen atoms in total. The van der Waals surface area contributed by atoms with Crippen molar-refractivity contribution in [3.05, 3.63) is 35.9 Å². The van der Waals surface area contributed by atoms with Gasteiger partial charge in [-0.25, -0.2) is 0 Å². The van der Waals surface area contributed by atoms with Crippen LogP contribution in [0.2, 0.25) is 0 Å². The van der Waals surface area contributed by atoms with Gasteiger partial charge in [0, 0.05) is 38.8 Å². The Balaban J connectivity index is 2.02. The molecule has 1 heterocycles. The van der Waals surface area contributed by atoms with Crippen LogP contribution < -0.4 is 10.1 Å². The van der Waals surface area contributed by atoms with Crippen molar-refractivity contribution in [1.29, 1.82) is 0 Å². The van der Waals surface area contributed by atoms with E-state index >= 15 is 0 Å². The molecule has 0 unspecified atom stereocenters. The molecule has 1 aromatic rings. The van der Waals surface area contributed by atoms with E-state index in [0.29, 0.717) is 19.6 Å². The summed E-state index contributed by atoms with van der Waals surface area (Å²) in [6, 6.07) is 7.21. The number of ether oxygens (including phenoxy) is 1. The molecule has 1 aliphatic heterocycles. The maximum absolute atomic E-state index is 12.2. The van der Waals surface area contributed by atoms with Gasteiger partial charge in [-0.1, -0.05) is 30.4 Å². The van der Waals surface area contributed by atoms with Crippen LogP contribution in [0.25, 0.3) is 6.08 Å². The van der Waals surface area contributed by atoms with E-state index in [0.717, 1.165) is 11.3 Å². The van der Waals surface area contributed by atoms with Gasteiger partial charge in [0.15, 0.2) is 0 Å². The highest BCUT2D eigenvalue weighted by Gasteiger charge is 2.31. The number of methoxy groups -OCH3 is 1. The Kier molecular flexibility index (Phi) is 7.62. The Morgan fingerprint density at radius 1 is 1.46 bits per heavy atom. The number of carbonyl (C=O) groups excluding carboxylic acids is 2. The summed E-state index contributed by atoms with van der Waals surface area (Å²) in [5, 5.41) is 11.8. The number of benzene rings is 1. The van der Waals surface area contributed by atoms with Gasteiger partial charge in [0.25, 0.3) is 0 Å². The van der Waals surface area contributed by atoms with Gasteiger partial charge < -0.3 is 20.1 Å². The van der Waals surface area contributed by atoms with Crippen molar-refractivity contribution in [3.63, 3.8) is 0 Å². The van der Waals surface area contributed by atoms with Gasteiger partial charge in [-0.2, -0.15) is 0 Å². The second-order valence-corrected chi connectivity index (χ2v) is 6.19. The topological polar surface area (TPSA) is 82.1 Å². The molecule has 1 aliphatic rings. The number of hydrogen-bond acceptors (Lipinski definition) is 5. The molecule has 0 saturated carbocycles. The summed E-state index contributed by atoms with van der Waals surface area (Å²) in [6.07, 6.45) is 4.04. The van der Waals surface area contributed by atoms with Crippen LogP contribution in [0, 0.1) is 0 Å². The standard InChI is InChI=1S/C19H27N3O4/c1-21(12-13-23)18(24)14-16-19(25)20-9-11-22(16)10-5-7-15-6-3-4-8-17(15)26-2/h3-8,16,23H,9-14H2,1-2H3,(H,20,25)/b7-5+/t16-/m1/s1. The van der Waals surface area contributed by atoms with E-state index in [2.05, 4.69) is 5.32 Å². The maximum Gasteiger partial charge on any atom is 0.237 e. The minimum atomic E-state index is -0.500. The monoisotopic (exact) mass is 361 g/mol. The molecule has 1 aromatic carbocycles. The van der Waals surface area contributed by atoms with Gasteiger partial charge in [0.1, 0.15) is 5.75 Å². The van der Waals surface area contributed by atoms with E-state index in [1.165, 1.54) is 4.90 Å². The second kappa shape index (κ2) is 9.94. The summed E-state index contributed by atoms with van der Waals surface area (Å²) >= 11 is 0. The first-order valence-corrected chi connectivity index (χ1v) is 8.73. The zero-order valence-electron chi connectivity index (χ0n) is 15.4. The minimum Gasteiger partial charge on any atom is -0.496 e. The number of rotatable bonds is 8. The first-order valence-electron chi connectivity index (χ1n) is 8.73. The Bertz CT molecular complexity index is 647. The molecule has 0 aliphatic carbocycles. The van der Waals surface area contributed by atoms with Crippen molar-refractivity contribution in [2.45, 2.75) is 12.5 Å². The minimum absolute atomic E-state index is 0.0928. The van der Waals surface area contributed by atoms with Crippen molar-refractivity contribution in [3.8, 4) is 5.75 Å². The molecular weight excluding hydrogens is 334 g/mol. The summed E-state index contributed by atoms with van der Waals surface area (Å²) in [4.78, 5) is 27.9. The van der Waals surface area contributed by atoms with Crippen LogP contribution in [0.5, 0.6) is 5.75 Å². The van der Waals surface area contributed by atoms with Crippen LogP contribution in [0.3, 0.4) is 0 Å². The third kappa shape index (κ3) is 5.31. The Morgan fingerprint density at radius 2 is 2.23 bits per heavy atom. The van der Waals surface area contributed by atoms with Crippen molar-refractivity contribution in [1.82, 2.24) is 15.1 Å². The number of hydrogen-bond donors (Lipinski definition) is 2. The fourth-order valence-electron chi connectivity index (χ4n) is 2.92. The van der Waals surface area contributed by atoms with Gasteiger partial charge in [-0.05, 0) is 6.07 Å². The highest BCUT2D eigenvalue weighted by Crippen LogP contribution is 2.19. The Labute approximate surface area is 154 Å². The second-order valence-electron chi connectivity index (χ2n) is 6.19. The first-order chi connectivity index (χ1) is 12.6. The number of carbonyl (C=O) groups is 2. The fraction of sp³-hybridized carbons (Fsp3) is 0.474. The predicted octanol–water partition coefficient (Wildman–Crippen LogP) is 0.350. The van der Waals surface area contributed by atoms with Crippen LogP contribution in [0.15, 0.2) is 30.3 Å². The maximum atomic E-state index is 12.2. The molecule has 7 heteroatoms. The lowest BCUT2D eigenvalue weighted by atomic mass is 10.1. The lowest BCUT2D eigenvalue weighted by Crippen LogP contribution is -2.56. The van der Waals surface area contributed by atoms with Crippen molar-refractivity contribution >= 4 is 17.9 Å². The summed E-state index contributed by atoms with van der Waals surface area (Å²) < 4.78 is 5.33. The van der Waals surface area contributed by atoms with E-state index in [-0.39, 0.29) is 31.4 Å². The molecule has 2 N–H and O–H groups in total. The number of likely N-dealkylation sites (N-methyl/N-ethyl adjacent to an activating group) is 1. The summed E-state index contributed by atoms with van der Waals surface area (Å²) in [5.41, 5.74) is 0.965. The molecule has 2 rings (SSSR count). The number of nitrogens with zero attached hydrogens (tertiary/aromatic N) is 2. The molecule has 0 bridgehead atoms. The van der Waals surface area contributed by atoms with E-state index in [1.54, 1.807) is 14.2 Å². The van der Waals surface area contributed by atoms with Gasteiger partial charge in [0.05, 0.1) is 26.2 Å². The van der Waals surface area contributed by atoms with Crippen LogP contribution in [0.4, 0.5) is 0 Å². The third-order valence-electron chi connectivity index (χ3n) is 4.45. The lowest BCUT2D eigenvalue weighted by Gasteiger charge is -2.34. The van der Waals surface area contributed by atoms with Crippen LogP contribution in [-0.2, 0) is 9.59 Å². The van der Waals surface area contributed by atoms with Crippen molar-refractivity contribution in [2.75, 3.05) is 46.9 Å². The average Bonchev–Trinajstić information content (AvgIpc) is 2.64. The predicted molar refractivity (Wildman–Crippen MR) is 99.7 cm³/mol. The molecule has 1 saturated heterocycles. The largest absolute Gasteiger partial charge is 0.496 e. The quantitative estimate of drug-likeness (QED) is 0.698. The normalized spacial score (nSPS) is 18.0. The number of piperazine rings is 1. The van der Waals surface area contributed by atoms with E-state index < -0.39 is 6.04 Å². The highest BCUT2D eigenvalue weighted by atomic mass is 16.5. The molecule has 0 radical (unpaired) electrons. The Morgan fingerprint density at radius 3 is 2.96 bits per heavy atom. The SMILES string of the molecule is COc1ccccc1/C=C/CN1CCNC(=O)[C@H]1CC(=O)N(C)CCO. The lowest BCUT2D eigenvalue weighted by molar-refractivity contribution is -0.138. The molecule has 0 aromatic heterocycles. The van der Waals surface area contributed by atoms with Crippen molar-refractivity contribution < 1.29 is 19.4 Å². The number of para-hydroxylation sites is 1. The van der Waals surface area contributed by atoms with Crippen LogP contribution in [-0.4, -0.2) is 79.7 Å². The zero-order chi connectivity index (χ0) is 18.9. The fourth-order valence-corrected chi connectivity index (χ4v) is 2.92. The molecular formula is C19H27N3O4. The summed E-state index contributed by atoms with van der Waals surface area (Å²) in [7, 11) is 3.26. The van der Waals surface area contributed by atoms with Gasteiger partial charge in [-0.15, -0.1) is 0 Å². The van der Waals surface area contributed by atoms with E-state index in [1.807, 2.05) is 41.3 Å². The molecule has 142 valence electrons. The van der Waals surface area contributed by atoms with E-state index in [4.69, 9.17) is 9.84 Å².